The van der Waals surface area contributed by atoms with E-state index in [9.17, 15) is 8.42 Å². The van der Waals surface area contributed by atoms with Gasteiger partial charge in [-0.1, -0.05) is 65.8 Å². The third-order valence-corrected chi connectivity index (χ3v) is 7.97. The summed E-state index contributed by atoms with van der Waals surface area (Å²) in [7, 11) is -3.67. The zero-order valence-electron chi connectivity index (χ0n) is 22.3. The van der Waals surface area contributed by atoms with Gasteiger partial charge in [0.05, 0.1) is 9.79 Å². The van der Waals surface area contributed by atoms with Crippen LogP contribution >= 0.6 is 0 Å². The summed E-state index contributed by atoms with van der Waals surface area (Å²) >= 11 is 0. The van der Waals surface area contributed by atoms with E-state index in [2.05, 4.69) is 41.5 Å². The van der Waals surface area contributed by atoms with Gasteiger partial charge in [-0.3, -0.25) is 0 Å². The standard InChI is InChI=1S/C32H34O4S/c1-31(2,3)23-7-11-25(12-8-23)35-27-15-19-29(20-16-27)37(33,34)30-21-17-28(18-22-30)36-26-13-9-24(10-14-26)32(4,5)6/h7-22H,1-6H3. The van der Waals surface area contributed by atoms with E-state index in [0.29, 0.717) is 23.0 Å². The lowest BCUT2D eigenvalue weighted by molar-refractivity contribution is 0.481. The molecule has 0 unspecified atom stereocenters. The summed E-state index contributed by atoms with van der Waals surface area (Å²) in [5.41, 5.74) is 2.57. The van der Waals surface area contributed by atoms with E-state index in [1.165, 1.54) is 11.1 Å². The van der Waals surface area contributed by atoms with Crippen LogP contribution in [0.4, 0.5) is 0 Å². The van der Waals surface area contributed by atoms with Gasteiger partial charge in [0.25, 0.3) is 0 Å². The summed E-state index contributed by atoms with van der Waals surface area (Å²) in [6.45, 7) is 13.0. The van der Waals surface area contributed by atoms with Crippen molar-refractivity contribution in [1.82, 2.24) is 0 Å². The van der Waals surface area contributed by atoms with Gasteiger partial charge >= 0.3 is 0 Å². The molecular weight excluding hydrogens is 480 g/mol. The zero-order valence-corrected chi connectivity index (χ0v) is 23.1. The van der Waals surface area contributed by atoms with Crippen LogP contribution in [0.3, 0.4) is 0 Å². The number of ether oxygens (including phenoxy) is 2. The molecule has 0 atom stereocenters. The molecule has 0 amide bonds. The van der Waals surface area contributed by atoms with Crippen LogP contribution in [0.2, 0.25) is 0 Å². The lowest BCUT2D eigenvalue weighted by atomic mass is 9.87. The fourth-order valence-corrected chi connectivity index (χ4v) is 5.09. The Hall–Kier alpha value is -3.57. The molecule has 0 saturated heterocycles. The van der Waals surface area contributed by atoms with Gasteiger partial charge in [0.2, 0.25) is 9.84 Å². The van der Waals surface area contributed by atoms with Gasteiger partial charge in [-0.25, -0.2) is 8.42 Å². The zero-order chi connectivity index (χ0) is 26.8. The predicted molar refractivity (Wildman–Crippen MR) is 149 cm³/mol. The van der Waals surface area contributed by atoms with Crippen LogP contribution < -0.4 is 9.47 Å². The van der Waals surface area contributed by atoms with Crippen LogP contribution in [0.1, 0.15) is 52.7 Å². The fraction of sp³-hybridized carbons (Fsp3) is 0.250. The van der Waals surface area contributed by atoms with Gasteiger partial charge in [0, 0.05) is 0 Å². The number of hydrogen-bond acceptors (Lipinski definition) is 4. The molecule has 0 N–H and O–H groups in total. The smallest absolute Gasteiger partial charge is 0.206 e. The second-order valence-corrected chi connectivity index (χ2v) is 13.1. The Morgan fingerprint density at radius 1 is 0.432 bits per heavy atom. The molecule has 0 aromatic heterocycles. The number of benzene rings is 4. The van der Waals surface area contributed by atoms with Gasteiger partial charge in [-0.2, -0.15) is 0 Å². The van der Waals surface area contributed by atoms with Crippen LogP contribution in [-0.2, 0) is 20.7 Å². The number of rotatable bonds is 6. The number of sulfone groups is 1. The van der Waals surface area contributed by atoms with Crippen molar-refractivity contribution in [3.05, 3.63) is 108 Å². The Balaban J connectivity index is 1.43. The summed E-state index contributed by atoms with van der Waals surface area (Å²) < 4.78 is 38.1. The Labute approximate surface area is 220 Å². The highest BCUT2D eigenvalue weighted by Crippen LogP contribution is 2.31. The van der Waals surface area contributed by atoms with E-state index >= 15 is 0 Å². The monoisotopic (exact) mass is 514 g/mol. The average molecular weight is 515 g/mol. The minimum atomic E-state index is -3.67. The summed E-state index contributed by atoms with van der Waals surface area (Å²) in [5.74, 6) is 2.55. The van der Waals surface area contributed by atoms with Gasteiger partial charge in [0.1, 0.15) is 23.0 Å². The molecule has 192 valence electrons. The molecule has 0 aliphatic rings. The normalized spacial score (nSPS) is 12.3. The molecule has 0 radical (unpaired) electrons. The Morgan fingerprint density at radius 3 is 0.919 bits per heavy atom. The summed E-state index contributed by atoms with van der Waals surface area (Å²) in [4.78, 5) is 0.406. The third-order valence-electron chi connectivity index (χ3n) is 6.18. The lowest BCUT2D eigenvalue weighted by Crippen LogP contribution is -2.10. The molecule has 0 spiro atoms. The van der Waals surface area contributed by atoms with E-state index in [1.807, 2.05) is 48.5 Å². The van der Waals surface area contributed by atoms with Crippen molar-refractivity contribution in [2.75, 3.05) is 0 Å². The minimum absolute atomic E-state index is 0.0660. The highest BCUT2D eigenvalue weighted by atomic mass is 32.2. The molecule has 4 aromatic rings. The van der Waals surface area contributed by atoms with E-state index in [-0.39, 0.29) is 20.6 Å². The molecule has 0 saturated carbocycles. The van der Waals surface area contributed by atoms with Crippen molar-refractivity contribution in [3.8, 4) is 23.0 Å². The molecule has 0 aliphatic carbocycles. The van der Waals surface area contributed by atoms with E-state index in [1.54, 1.807) is 48.5 Å². The third kappa shape index (κ3) is 6.41. The average Bonchev–Trinajstić information content (AvgIpc) is 2.84. The van der Waals surface area contributed by atoms with E-state index in [4.69, 9.17) is 9.47 Å². The number of hydrogen-bond donors (Lipinski definition) is 0. The fourth-order valence-electron chi connectivity index (χ4n) is 3.83. The largest absolute Gasteiger partial charge is 0.457 e. The Morgan fingerprint density at radius 2 is 0.676 bits per heavy atom. The van der Waals surface area contributed by atoms with Crippen LogP contribution in [0.5, 0.6) is 23.0 Å². The molecule has 4 rings (SSSR count). The van der Waals surface area contributed by atoms with Crippen molar-refractivity contribution in [1.29, 1.82) is 0 Å². The lowest BCUT2D eigenvalue weighted by Gasteiger charge is -2.19. The SMILES string of the molecule is CC(C)(C)c1ccc(Oc2ccc(S(=O)(=O)c3ccc(Oc4ccc(C(C)(C)C)cc4)cc3)cc2)cc1. The topological polar surface area (TPSA) is 52.6 Å². The Kier molecular flexibility index (Phi) is 7.20. The van der Waals surface area contributed by atoms with Gasteiger partial charge in [-0.05, 0) is 94.8 Å². The van der Waals surface area contributed by atoms with Crippen molar-refractivity contribution >= 4 is 9.84 Å². The van der Waals surface area contributed by atoms with Crippen LogP contribution in [0.25, 0.3) is 0 Å². The molecule has 0 heterocycles. The molecule has 0 fully saturated rings. The van der Waals surface area contributed by atoms with Crippen LogP contribution in [0.15, 0.2) is 107 Å². The Bertz CT molecular complexity index is 1330. The first-order valence-corrected chi connectivity index (χ1v) is 13.8. The molecule has 0 aliphatic heterocycles. The molecule has 4 aromatic carbocycles. The van der Waals surface area contributed by atoms with Crippen LogP contribution in [0, 0.1) is 0 Å². The van der Waals surface area contributed by atoms with Crippen molar-refractivity contribution < 1.29 is 17.9 Å². The second kappa shape index (κ2) is 10.1. The molecule has 0 bridgehead atoms. The van der Waals surface area contributed by atoms with E-state index < -0.39 is 9.84 Å². The highest BCUT2D eigenvalue weighted by Gasteiger charge is 2.18. The molecule has 4 nitrogen and oxygen atoms in total. The molecular formula is C32H34O4S. The quantitative estimate of drug-likeness (QED) is 0.258. The molecule has 5 heteroatoms. The first-order chi connectivity index (χ1) is 17.3. The van der Waals surface area contributed by atoms with Crippen LogP contribution in [-0.4, -0.2) is 8.42 Å². The van der Waals surface area contributed by atoms with E-state index in [0.717, 1.165) is 0 Å². The van der Waals surface area contributed by atoms with Gasteiger partial charge < -0.3 is 9.47 Å². The highest BCUT2D eigenvalue weighted by molar-refractivity contribution is 7.91. The van der Waals surface area contributed by atoms with Crippen molar-refractivity contribution in [2.24, 2.45) is 0 Å². The van der Waals surface area contributed by atoms with Gasteiger partial charge in [0.15, 0.2) is 0 Å². The summed E-state index contributed by atoms with van der Waals surface area (Å²) in [6.07, 6.45) is 0. The summed E-state index contributed by atoms with van der Waals surface area (Å²) in [6, 6.07) is 28.8. The molecule has 37 heavy (non-hydrogen) atoms. The maximum Gasteiger partial charge on any atom is 0.206 e. The maximum absolute atomic E-state index is 13.2. The first-order valence-electron chi connectivity index (χ1n) is 12.3. The van der Waals surface area contributed by atoms with Crippen molar-refractivity contribution in [2.45, 2.75) is 62.2 Å². The first kappa shape index (κ1) is 26.5. The van der Waals surface area contributed by atoms with Gasteiger partial charge in [-0.15, -0.1) is 0 Å². The predicted octanol–water partition coefficient (Wildman–Crippen LogP) is 8.70. The summed E-state index contributed by atoms with van der Waals surface area (Å²) in [5, 5.41) is 0. The van der Waals surface area contributed by atoms with Crippen molar-refractivity contribution in [3.63, 3.8) is 0 Å². The minimum Gasteiger partial charge on any atom is -0.457 e. The maximum atomic E-state index is 13.2. The second-order valence-electron chi connectivity index (χ2n) is 11.2.